The van der Waals surface area contributed by atoms with Crippen molar-refractivity contribution in [3.8, 4) is 0 Å². The van der Waals surface area contributed by atoms with Crippen LogP contribution in [0.25, 0.3) is 0 Å². The molecule has 1 fully saturated rings. The van der Waals surface area contributed by atoms with E-state index in [4.69, 9.17) is 33.7 Å². The van der Waals surface area contributed by atoms with Gasteiger partial charge in [-0.05, 0) is 30.5 Å². The van der Waals surface area contributed by atoms with Gasteiger partial charge in [0.05, 0.1) is 12.6 Å². The van der Waals surface area contributed by atoms with Crippen LogP contribution in [0, 0.1) is 0 Å². The Bertz CT molecular complexity index is 442. The fourth-order valence-electron chi connectivity index (χ4n) is 1.84. The summed E-state index contributed by atoms with van der Waals surface area (Å²) in [5.74, 6) is 0.624. The van der Waals surface area contributed by atoms with Gasteiger partial charge in [-0.2, -0.15) is 0 Å². The van der Waals surface area contributed by atoms with Gasteiger partial charge in [-0.15, -0.1) is 0 Å². The van der Waals surface area contributed by atoms with E-state index in [0.717, 1.165) is 25.0 Å². The quantitative estimate of drug-likeness (QED) is 0.680. The van der Waals surface area contributed by atoms with Crippen molar-refractivity contribution in [1.82, 2.24) is 0 Å². The SMILES string of the molecule is NC(=NC[C@@H]1CCCO1)SCc1c(Cl)cccc1Cl. The Morgan fingerprint density at radius 1 is 1.42 bits per heavy atom. The van der Waals surface area contributed by atoms with Crippen molar-refractivity contribution in [2.24, 2.45) is 10.7 Å². The molecule has 19 heavy (non-hydrogen) atoms. The molecule has 1 atom stereocenters. The number of thioether (sulfide) groups is 1. The highest BCUT2D eigenvalue weighted by Gasteiger charge is 2.14. The first-order valence-electron chi connectivity index (χ1n) is 6.14. The maximum absolute atomic E-state index is 6.10. The Morgan fingerprint density at radius 2 is 2.16 bits per heavy atom. The number of hydrogen-bond donors (Lipinski definition) is 1. The van der Waals surface area contributed by atoms with Gasteiger partial charge in [0.2, 0.25) is 0 Å². The van der Waals surface area contributed by atoms with E-state index >= 15 is 0 Å². The fourth-order valence-corrected chi connectivity index (χ4v) is 3.30. The lowest BCUT2D eigenvalue weighted by Gasteiger charge is -2.08. The van der Waals surface area contributed by atoms with E-state index in [1.165, 1.54) is 11.8 Å². The Balaban J connectivity index is 1.85. The second kappa shape index (κ2) is 7.39. The molecule has 0 amide bonds. The molecule has 1 aromatic carbocycles. The second-order valence-electron chi connectivity index (χ2n) is 4.30. The number of hydrogen-bond acceptors (Lipinski definition) is 3. The lowest BCUT2D eigenvalue weighted by atomic mass is 10.2. The van der Waals surface area contributed by atoms with Gasteiger partial charge in [0, 0.05) is 22.4 Å². The minimum Gasteiger partial charge on any atom is -0.379 e. The number of ether oxygens (including phenoxy) is 1. The van der Waals surface area contributed by atoms with Crippen LogP contribution < -0.4 is 5.73 Å². The first kappa shape index (κ1) is 15.0. The van der Waals surface area contributed by atoms with E-state index in [-0.39, 0.29) is 6.10 Å². The minimum atomic E-state index is 0.225. The number of halogens is 2. The summed E-state index contributed by atoms with van der Waals surface area (Å²) in [5, 5.41) is 1.87. The van der Waals surface area contributed by atoms with E-state index < -0.39 is 0 Å². The zero-order chi connectivity index (χ0) is 13.7. The Hall–Kier alpha value is -0.420. The largest absolute Gasteiger partial charge is 0.379 e. The average molecular weight is 319 g/mol. The molecule has 1 saturated heterocycles. The summed E-state index contributed by atoms with van der Waals surface area (Å²) < 4.78 is 5.49. The predicted octanol–water partition coefficient (Wildman–Crippen LogP) is 3.72. The van der Waals surface area contributed by atoms with Gasteiger partial charge in [0.15, 0.2) is 5.17 Å². The molecule has 0 saturated carbocycles. The van der Waals surface area contributed by atoms with Crippen LogP contribution in [0.15, 0.2) is 23.2 Å². The zero-order valence-electron chi connectivity index (χ0n) is 10.4. The van der Waals surface area contributed by atoms with E-state index in [0.29, 0.717) is 27.5 Å². The number of aliphatic imine (C=N–C) groups is 1. The van der Waals surface area contributed by atoms with Crippen LogP contribution in [-0.4, -0.2) is 24.4 Å². The number of benzene rings is 1. The molecule has 3 nitrogen and oxygen atoms in total. The molecule has 104 valence electrons. The van der Waals surface area contributed by atoms with Crippen LogP contribution >= 0.6 is 35.0 Å². The van der Waals surface area contributed by atoms with Gasteiger partial charge in [0.1, 0.15) is 0 Å². The molecule has 0 aliphatic carbocycles. The summed E-state index contributed by atoms with van der Waals surface area (Å²) in [5.41, 5.74) is 6.77. The van der Waals surface area contributed by atoms with Gasteiger partial charge < -0.3 is 10.5 Å². The zero-order valence-corrected chi connectivity index (χ0v) is 12.8. The van der Waals surface area contributed by atoms with Crippen molar-refractivity contribution in [1.29, 1.82) is 0 Å². The van der Waals surface area contributed by atoms with Crippen molar-refractivity contribution >= 4 is 40.1 Å². The number of nitrogens with two attached hydrogens (primary N) is 1. The molecule has 1 aromatic rings. The van der Waals surface area contributed by atoms with Crippen LogP contribution in [-0.2, 0) is 10.5 Å². The van der Waals surface area contributed by atoms with Crippen molar-refractivity contribution in [2.45, 2.75) is 24.7 Å². The first-order chi connectivity index (χ1) is 9.16. The van der Waals surface area contributed by atoms with Crippen LogP contribution in [0.3, 0.4) is 0 Å². The van der Waals surface area contributed by atoms with Gasteiger partial charge in [-0.1, -0.05) is 41.0 Å². The van der Waals surface area contributed by atoms with E-state index in [1.54, 1.807) is 0 Å². The van der Waals surface area contributed by atoms with Gasteiger partial charge in [-0.3, -0.25) is 4.99 Å². The molecule has 1 aliphatic rings. The molecule has 2 rings (SSSR count). The third kappa shape index (κ3) is 4.56. The summed E-state index contributed by atoms with van der Waals surface area (Å²) in [7, 11) is 0. The Labute approximate surface area is 127 Å². The topological polar surface area (TPSA) is 47.6 Å². The van der Waals surface area contributed by atoms with Crippen molar-refractivity contribution in [2.75, 3.05) is 13.2 Å². The van der Waals surface area contributed by atoms with Crippen LogP contribution in [0.2, 0.25) is 10.0 Å². The van der Waals surface area contributed by atoms with E-state index in [9.17, 15) is 0 Å². The molecular weight excluding hydrogens is 303 g/mol. The molecule has 0 spiro atoms. The van der Waals surface area contributed by atoms with Crippen molar-refractivity contribution in [3.05, 3.63) is 33.8 Å². The highest BCUT2D eigenvalue weighted by atomic mass is 35.5. The molecular formula is C13H16Cl2N2OS. The number of nitrogens with zero attached hydrogens (tertiary/aromatic N) is 1. The van der Waals surface area contributed by atoms with Gasteiger partial charge in [-0.25, -0.2) is 0 Å². The maximum atomic E-state index is 6.10. The lowest BCUT2D eigenvalue weighted by Crippen LogP contribution is -2.14. The smallest absolute Gasteiger partial charge is 0.154 e. The van der Waals surface area contributed by atoms with Crippen molar-refractivity contribution < 1.29 is 4.74 Å². The molecule has 1 heterocycles. The molecule has 2 N–H and O–H groups in total. The third-order valence-corrected chi connectivity index (χ3v) is 4.47. The third-order valence-electron chi connectivity index (χ3n) is 2.90. The first-order valence-corrected chi connectivity index (χ1v) is 7.88. The molecule has 0 unspecified atom stereocenters. The lowest BCUT2D eigenvalue weighted by molar-refractivity contribution is 0.118. The second-order valence-corrected chi connectivity index (χ2v) is 6.11. The Morgan fingerprint density at radius 3 is 2.79 bits per heavy atom. The van der Waals surface area contributed by atoms with Crippen LogP contribution in [0.4, 0.5) is 0 Å². The molecule has 0 aromatic heterocycles. The van der Waals surface area contributed by atoms with Crippen molar-refractivity contribution in [3.63, 3.8) is 0 Å². The summed E-state index contributed by atoms with van der Waals surface area (Å²) in [4.78, 5) is 4.33. The summed E-state index contributed by atoms with van der Waals surface area (Å²) in [6.07, 6.45) is 2.41. The fraction of sp³-hybridized carbons (Fsp3) is 0.462. The molecule has 6 heteroatoms. The summed E-state index contributed by atoms with van der Waals surface area (Å²) >= 11 is 13.6. The standard InChI is InChI=1S/C13H16Cl2N2OS/c14-11-4-1-5-12(15)10(11)8-19-13(16)17-7-9-3-2-6-18-9/h1,4-5,9H,2-3,6-8H2,(H2,16,17)/t9-/m0/s1. The van der Waals surface area contributed by atoms with Crippen LogP contribution in [0.5, 0.6) is 0 Å². The molecule has 0 bridgehead atoms. The average Bonchev–Trinajstić information content (AvgIpc) is 2.89. The summed E-state index contributed by atoms with van der Waals surface area (Å²) in [6.45, 7) is 1.47. The highest BCUT2D eigenvalue weighted by Crippen LogP contribution is 2.28. The van der Waals surface area contributed by atoms with Gasteiger partial charge >= 0.3 is 0 Å². The van der Waals surface area contributed by atoms with E-state index in [2.05, 4.69) is 4.99 Å². The number of rotatable bonds is 4. The summed E-state index contributed by atoms with van der Waals surface area (Å²) in [6, 6.07) is 5.47. The number of amidine groups is 1. The van der Waals surface area contributed by atoms with E-state index in [1.807, 2.05) is 18.2 Å². The van der Waals surface area contributed by atoms with Crippen LogP contribution in [0.1, 0.15) is 18.4 Å². The predicted molar refractivity (Wildman–Crippen MR) is 83.2 cm³/mol. The highest BCUT2D eigenvalue weighted by molar-refractivity contribution is 8.13. The molecule has 0 radical (unpaired) electrons. The monoisotopic (exact) mass is 318 g/mol. The van der Waals surface area contributed by atoms with Gasteiger partial charge in [0.25, 0.3) is 0 Å². The maximum Gasteiger partial charge on any atom is 0.154 e. The normalized spacial score (nSPS) is 19.9. The molecule has 1 aliphatic heterocycles. The Kier molecular flexibility index (Phi) is 5.82. The minimum absolute atomic E-state index is 0.225.